The highest BCUT2D eigenvalue weighted by Crippen LogP contribution is 2.37. The van der Waals surface area contributed by atoms with Crippen LogP contribution in [0.5, 0.6) is 0 Å². The Kier molecular flexibility index (Phi) is 4.41. The van der Waals surface area contributed by atoms with Crippen molar-refractivity contribution in [3.63, 3.8) is 0 Å². The molecule has 0 amide bonds. The minimum Gasteiger partial charge on any atom is -0.0622 e. The summed E-state index contributed by atoms with van der Waals surface area (Å²) in [5.41, 5.74) is 6.34. The predicted octanol–water partition coefficient (Wildman–Crippen LogP) is 7.34. The maximum atomic E-state index is 2.31. The van der Waals surface area contributed by atoms with E-state index >= 15 is 0 Å². The number of rotatable bonds is 3. The number of aryl methyl sites for hydroxylation is 1. The number of hydrogen-bond donors (Lipinski definition) is 0. The second kappa shape index (κ2) is 7.00. The minimum absolute atomic E-state index is 1.25. The molecule has 25 heavy (non-hydrogen) atoms. The topological polar surface area (TPSA) is 0 Å². The van der Waals surface area contributed by atoms with Crippen LogP contribution in [0.15, 0.2) is 97.1 Å². The zero-order chi connectivity index (χ0) is 17.1. The van der Waals surface area contributed by atoms with Gasteiger partial charge in [0.2, 0.25) is 21.1 Å². The highest BCUT2D eigenvalue weighted by Gasteiger charge is 2.19. The van der Waals surface area contributed by atoms with Gasteiger partial charge in [-0.2, -0.15) is 0 Å². The third kappa shape index (κ3) is 3.52. The Bertz CT molecular complexity index is 931. The van der Waals surface area contributed by atoms with Crippen LogP contribution in [-0.2, 0) is 0 Å². The Morgan fingerprint density at radius 2 is 1.04 bits per heavy atom. The Labute approximate surface area is 153 Å². The van der Waals surface area contributed by atoms with Gasteiger partial charge in [0, 0.05) is 23.3 Å². The summed E-state index contributed by atoms with van der Waals surface area (Å²) in [5, 5.41) is 0. The van der Waals surface area contributed by atoms with E-state index in [0.717, 1.165) is 0 Å². The third-order valence-electron chi connectivity index (χ3n) is 4.26. The molecule has 0 saturated carbocycles. The van der Waals surface area contributed by atoms with Gasteiger partial charge in [0.05, 0.1) is 0 Å². The minimum atomic E-state index is 1.25. The van der Waals surface area contributed by atoms with Crippen molar-refractivity contribution in [3.8, 4) is 32.0 Å². The standard InChI is InChI=1S/C24H19S/c1-18-9-8-14-21(15-18)24-17-22(19-10-4-2-5-11-19)16-23(25-24)20-12-6-3-7-13-20/h2-17H,1H3/q+1. The Hall–Kier alpha value is -2.77. The lowest BCUT2D eigenvalue weighted by Gasteiger charge is -2.03. The molecule has 0 saturated heterocycles. The molecule has 0 N–H and O–H groups in total. The van der Waals surface area contributed by atoms with Crippen molar-refractivity contribution in [2.24, 2.45) is 0 Å². The van der Waals surface area contributed by atoms with Gasteiger partial charge >= 0.3 is 0 Å². The molecule has 3 aromatic carbocycles. The van der Waals surface area contributed by atoms with Gasteiger partial charge in [0.25, 0.3) is 0 Å². The SMILES string of the molecule is Cc1cccc(-c2cc(-c3ccccc3)cc(-c3ccccc3)[s+]2)c1. The van der Waals surface area contributed by atoms with Crippen LogP contribution in [0, 0.1) is 6.92 Å². The lowest BCUT2D eigenvalue weighted by molar-refractivity contribution is 1.48. The van der Waals surface area contributed by atoms with Crippen LogP contribution >= 0.6 is 11.3 Å². The molecule has 0 aliphatic heterocycles. The first-order valence-corrected chi connectivity index (χ1v) is 9.27. The molecular weight excluding hydrogens is 320 g/mol. The van der Waals surface area contributed by atoms with E-state index in [1.165, 1.54) is 37.6 Å². The summed E-state index contributed by atoms with van der Waals surface area (Å²) in [6.45, 7) is 2.15. The average molecular weight is 339 g/mol. The van der Waals surface area contributed by atoms with Crippen LogP contribution in [-0.4, -0.2) is 0 Å². The van der Waals surface area contributed by atoms with Crippen molar-refractivity contribution < 1.29 is 0 Å². The largest absolute Gasteiger partial charge is 0.239 e. The fraction of sp³-hybridized carbons (Fsp3) is 0.0417. The van der Waals surface area contributed by atoms with Gasteiger partial charge in [0.15, 0.2) is 0 Å². The second-order valence-corrected chi connectivity index (χ2v) is 7.26. The third-order valence-corrected chi connectivity index (χ3v) is 5.41. The summed E-state index contributed by atoms with van der Waals surface area (Å²) in [7, 11) is 0. The molecule has 1 heteroatoms. The molecule has 1 aromatic heterocycles. The zero-order valence-corrected chi connectivity index (χ0v) is 15.0. The molecule has 0 fully saturated rings. The Balaban J connectivity index is 1.92. The highest BCUT2D eigenvalue weighted by atomic mass is 32.1. The van der Waals surface area contributed by atoms with E-state index in [1.807, 2.05) is 11.3 Å². The van der Waals surface area contributed by atoms with E-state index < -0.39 is 0 Å². The van der Waals surface area contributed by atoms with Gasteiger partial charge < -0.3 is 0 Å². The van der Waals surface area contributed by atoms with Gasteiger partial charge in [-0.1, -0.05) is 66.2 Å². The summed E-state index contributed by atoms with van der Waals surface area (Å²) < 4.78 is 0. The average Bonchev–Trinajstić information content (AvgIpc) is 2.69. The molecule has 0 spiro atoms. The van der Waals surface area contributed by atoms with E-state index in [9.17, 15) is 0 Å². The lowest BCUT2D eigenvalue weighted by Crippen LogP contribution is -1.83. The quantitative estimate of drug-likeness (QED) is 0.343. The molecule has 0 atom stereocenters. The number of benzene rings is 3. The van der Waals surface area contributed by atoms with Crippen LogP contribution in [0.2, 0.25) is 0 Å². The predicted molar refractivity (Wildman–Crippen MR) is 110 cm³/mol. The molecule has 4 aromatic rings. The van der Waals surface area contributed by atoms with E-state index in [2.05, 4.69) is 104 Å². The van der Waals surface area contributed by atoms with Crippen LogP contribution in [0.3, 0.4) is 0 Å². The van der Waals surface area contributed by atoms with E-state index in [1.54, 1.807) is 0 Å². The Morgan fingerprint density at radius 1 is 0.480 bits per heavy atom. The van der Waals surface area contributed by atoms with Crippen LogP contribution < -0.4 is 0 Å². The lowest BCUT2D eigenvalue weighted by atomic mass is 10.0. The van der Waals surface area contributed by atoms with Gasteiger partial charge in [-0.25, -0.2) is 0 Å². The first-order valence-electron chi connectivity index (χ1n) is 8.46. The maximum absolute atomic E-state index is 2.31. The first kappa shape index (κ1) is 15.7. The van der Waals surface area contributed by atoms with Gasteiger partial charge in [-0.3, -0.25) is 0 Å². The van der Waals surface area contributed by atoms with Crippen molar-refractivity contribution in [2.75, 3.05) is 0 Å². The molecule has 0 nitrogen and oxygen atoms in total. The molecule has 120 valence electrons. The fourth-order valence-corrected chi connectivity index (χ4v) is 4.09. The molecule has 0 aliphatic carbocycles. The van der Waals surface area contributed by atoms with E-state index in [0.29, 0.717) is 0 Å². The molecule has 0 bridgehead atoms. The smallest absolute Gasteiger partial charge is 0.0622 e. The van der Waals surface area contributed by atoms with Crippen molar-refractivity contribution in [3.05, 3.63) is 103 Å². The van der Waals surface area contributed by atoms with Crippen molar-refractivity contribution in [1.29, 1.82) is 0 Å². The monoisotopic (exact) mass is 339 g/mol. The maximum Gasteiger partial charge on any atom is 0.239 e. The summed E-state index contributed by atoms with van der Waals surface area (Å²) >= 11 is 1.85. The van der Waals surface area contributed by atoms with Crippen molar-refractivity contribution in [1.82, 2.24) is 0 Å². The summed E-state index contributed by atoms with van der Waals surface area (Å²) in [4.78, 5) is 2.59. The van der Waals surface area contributed by atoms with Crippen LogP contribution in [0.1, 0.15) is 5.56 Å². The molecule has 0 aliphatic rings. The zero-order valence-electron chi connectivity index (χ0n) is 14.1. The molecule has 4 rings (SSSR count). The normalized spacial score (nSPS) is 10.6. The summed E-state index contributed by atoms with van der Waals surface area (Å²) in [6, 6.07) is 34.6. The van der Waals surface area contributed by atoms with Crippen molar-refractivity contribution >= 4 is 11.3 Å². The Morgan fingerprint density at radius 3 is 1.68 bits per heavy atom. The molecule has 1 heterocycles. The van der Waals surface area contributed by atoms with E-state index in [-0.39, 0.29) is 0 Å². The molecule has 0 radical (unpaired) electrons. The first-order chi connectivity index (χ1) is 12.3. The van der Waals surface area contributed by atoms with Crippen LogP contribution in [0.25, 0.3) is 32.0 Å². The van der Waals surface area contributed by atoms with Gasteiger partial charge in [-0.15, -0.1) is 0 Å². The van der Waals surface area contributed by atoms with Crippen molar-refractivity contribution in [2.45, 2.75) is 6.92 Å². The van der Waals surface area contributed by atoms with Gasteiger partial charge in [-0.05, 0) is 42.3 Å². The van der Waals surface area contributed by atoms with E-state index in [4.69, 9.17) is 0 Å². The molecule has 0 unspecified atom stereocenters. The molecular formula is C24H19S+. The van der Waals surface area contributed by atoms with Crippen LogP contribution in [0.4, 0.5) is 0 Å². The summed E-state index contributed by atoms with van der Waals surface area (Å²) in [6.07, 6.45) is 0. The second-order valence-electron chi connectivity index (χ2n) is 6.18. The fourth-order valence-electron chi connectivity index (χ4n) is 2.98. The summed E-state index contributed by atoms with van der Waals surface area (Å²) in [5.74, 6) is 0. The number of hydrogen-bond acceptors (Lipinski definition) is 0. The van der Waals surface area contributed by atoms with Gasteiger partial charge in [0.1, 0.15) is 0 Å². The highest BCUT2D eigenvalue weighted by molar-refractivity contribution is 7.18.